The SMILES string of the molecule is O=C(O)[C@H]1CCCN1c1ncnc2[nH]ccc12. The van der Waals surface area contributed by atoms with E-state index in [9.17, 15) is 9.90 Å². The summed E-state index contributed by atoms with van der Waals surface area (Å²) in [7, 11) is 0. The predicted octanol–water partition coefficient (Wildman–Crippen LogP) is 1.01. The van der Waals surface area contributed by atoms with E-state index in [2.05, 4.69) is 15.0 Å². The summed E-state index contributed by atoms with van der Waals surface area (Å²) in [4.78, 5) is 24.3. The maximum atomic E-state index is 11.2. The number of anilines is 1. The molecule has 6 nitrogen and oxygen atoms in total. The first kappa shape index (κ1) is 10.1. The van der Waals surface area contributed by atoms with Crippen molar-refractivity contribution in [3.05, 3.63) is 18.6 Å². The van der Waals surface area contributed by atoms with Crippen LogP contribution < -0.4 is 4.90 Å². The van der Waals surface area contributed by atoms with E-state index in [1.54, 1.807) is 6.20 Å². The van der Waals surface area contributed by atoms with Gasteiger partial charge >= 0.3 is 5.97 Å². The molecule has 0 saturated carbocycles. The van der Waals surface area contributed by atoms with Crippen molar-refractivity contribution in [2.45, 2.75) is 18.9 Å². The highest BCUT2D eigenvalue weighted by Gasteiger charge is 2.32. The Morgan fingerprint density at radius 3 is 3.24 bits per heavy atom. The van der Waals surface area contributed by atoms with Gasteiger partial charge in [-0.3, -0.25) is 0 Å². The minimum absolute atomic E-state index is 0.469. The van der Waals surface area contributed by atoms with Crippen molar-refractivity contribution in [2.75, 3.05) is 11.4 Å². The molecular weight excluding hydrogens is 220 g/mol. The van der Waals surface area contributed by atoms with Gasteiger partial charge in [0.1, 0.15) is 23.8 Å². The zero-order chi connectivity index (χ0) is 11.8. The molecule has 0 bridgehead atoms. The van der Waals surface area contributed by atoms with Gasteiger partial charge in [-0.15, -0.1) is 0 Å². The first-order chi connectivity index (χ1) is 8.27. The van der Waals surface area contributed by atoms with E-state index in [0.29, 0.717) is 12.2 Å². The quantitative estimate of drug-likeness (QED) is 0.807. The Morgan fingerprint density at radius 2 is 2.41 bits per heavy atom. The third-order valence-corrected chi connectivity index (χ3v) is 3.14. The van der Waals surface area contributed by atoms with Gasteiger partial charge < -0.3 is 15.0 Å². The topological polar surface area (TPSA) is 82.1 Å². The Balaban J connectivity index is 2.08. The molecule has 1 fully saturated rings. The van der Waals surface area contributed by atoms with Gasteiger partial charge in [0.25, 0.3) is 0 Å². The van der Waals surface area contributed by atoms with Crippen LogP contribution in [0.25, 0.3) is 11.0 Å². The Labute approximate surface area is 97.3 Å². The molecule has 0 aromatic carbocycles. The fourth-order valence-electron chi connectivity index (χ4n) is 2.36. The van der Waals surface area contributed by atoms with Crippen LogP contribution in [0.2, 0.25) is 0 Å². The summed E-state index contributed by atoms with van der Waals surface area (Å²) >= 11 is 0. The lowest BCUT2D eigenvalue weighted by atomic mass is 10.2. The average molecular weight is 232 g/mol. The molecule has 0 radical (unpaired) electrons. The number of carbonyl (C=O) groups is 1. The fourth-order valence-corrected chi connectivity index (χ4v) is 2.36. The molecule has 3 heterocycles. The molecule has 88 valence electrons. The van der Waals surface area contributed by atoms with Gasteiger partial charge in [0, 0.05) is 12.7 Å². The lowest BCUT2D eigenvalue weighted by Gasteiger charge is -2.22. The van der Waals surface area contributed by atoms with E-state index in [0.717, 1.165) is 24.0 Å². The van der Waals surface area contributed by atoms with Crippen molar-refractivity contribution in [3.63, 3.8) is 0 Å². The van der Waals surface area contributed by atoms with Gasteiger partial charge in [0.05, 0.1) is 5.39 Å². The number of nitrogens with one attached hydrogen (secondary N) is 1. The van der Waals surface area contributed by atoms with Crippen molar-refractivity contribution in [1.29, 1.82) is 0 Å². The molecule has 0 amide bonds. The standard InChI is InChI=1S/C11H12N4O2/c16-11(17)8-2-1-5-15(8)10-7-3-4-12-9(7)13-6-14-10/h3-4,6,8H,1-2,5H2,(H,16,17)(H,12,13,14)/t8-/m1/s1. The number of carboxylic acids is 1. The monoisotopic (exact) mass is 232 g/mol. The maximum Gasteiger partial charge on any atom is 0.326 e. The second-order valence-corrected chi connectivity index (χ2v) is 4.13. The number of H-pyrrole nitrogens is 1. The largest absolute Gasteiger partial charge is 0.480 e. The number of carboxylic acid groups (broad SMARTS) is 1. The number of aromatic nitrogens is 3. The molecule has 17 heavy (non-hydrogen) atoms. The first-order valence-electron chi connectivity index (χ1n) is 5.55. The van der Waals surface area contributed by atoms with Crippen molar-refractivity contribution in [3.8, 4) is 0 Å². The van der Waals surface area contributed by atoms with Crippen LogP contribution in [0, 0.1) is 0 Å². The Hall–Kier alpha value is -2.11. The van der Waals surface area contributed by atoms with Crippen molar-refractivity contribution in [2.24, 2.45) is 0 Å². The summed E-state index contributed by atoms with van der Waals surface area (Å²) in [6.07, 6.45) is 4.80. The summed E-state index contributed by atoms with van der Waals surface area (Å²) in [6.45, 7) is 0.730. The van der Waals surface area contributed by atoms with Gasteiger partial charge in [-0.2, -0.15) is 0 Å². The van der Waals surface area contributed by atoms with Crippen LogP contribution in [-0.2, 0) is 4.79 Å². The first-order valence-corrected chi connectivity index (χ1v) is 5.55. The fraction of sp³-hybridized carbons (Fsp3) is 0.364. The number of nitrogens with zero attached hydrogens (tertiary/aromatic N) is 3. The van der Waals surface area contributed by atoms with Gasteiger partial charge in [0.15, 0.2) is 0 Å². The normalized spacial score (nSPS) is 20.0. The van der Waals surface area contributed by atoms with Gasteiger partial charge in [-0.1, -0.05) is 0 Å². The van der Waals surface area contributed by atoms with E-state index in [4.69, 9.17) is 0 Å². The Morgan fingerprint density at radius 1 is 1.53 bits per heavy atom. The van der Waals surface area contributed by atoms with E-state index in [1.807, 2.05) is 11.0 Å². The van der Waals surface area contributed by atoms with Crippen molar-refractivity contribution >= 4 is 22.8 Å². The zero-order valence-corrected chi connectivity index (χ0v) is 9.13. The smallest absolute Gasteiger partial charge is 0.326 e. The third-order valence-electron chi connectivity index (χ3n) is 3.14. The van der Waals surface area contributed by atoms with Crippen molar-refractivity contribution in [1.82, 2.24) is 15.0 Å². The average Bonchev–Trinajstić information content (AvgIpc) is 2.97. The number of fused-ring (bicyclic) bond motifs is 1. The molecule has 0 unspecified atom stereocenters. The maximum absolute atomic E-state index is 11.2. The lowest BCUT2D eigenvalue weighted by molar-refractivity contribution is -0.138. The molecule has 2 aromatic heterocycles. The van der Waals surface area contributed by atoms with Gasteiger partial charge in [-0.05, 0) is 18.9 Å². The molecule has 2 N–H and O–H groups in total. The summed E-state index contributed by atoms with van der Waals surface area (Å²) in [5.41, 5.74) is 0.742. The Kier molecular flexibility index (Phi) is 2.21. The summed E-state index contributed by atoms with van der Waals surface area (Å²) in [5.74, 6) is -0.0778. The summed E-state index contributed by atoms with van der Waals surface area (Å²) < 4.78 is 0. The molecule has 0 spiro atoms. The molecule has 2 aromatic rings. The molecule has 0 aliphatic carbocycles. The van der Waals surface area contributed by atoms with Crippen LogP contribution in [0.1, 0.15) is 12.8 Å². The van der Waals surface area contributed by atoms with Gasteiger partial charge in [-0.25, -0.2) is 14.8 Å². The van der Waals surface area contributed by atoms with Crippen LogP contribution in [0.15, 0.2) is 18.6 Å². The molecular formula is C11H12N4O2. The molecule has 1 aliphatic heterocycles. The van der Waals surface area contributed by atoms with E-state index in [-0.39, 0.29) is 0 Å². The second kappa shape index (κ2) is 3.73. The van der Waals surface area contributed by atoms with Crippen LogP contribution in [0.3, 0.4) is 0 Å². The van der Waals surface area contributed by atoms with E-state index in [1.165, 1.54) is 6.33 Å². The molecule has 1 atom stereocenters. The number of rotatable bonds is 2. The molecule has 1 aliphatic rings. The Bertz CT molecular complexity index is 565. The third kappa shape index (κ3) is 1.52. The zero-order valence-electron chi connectivity index (χ0n) is 9.13. The lowest BCUT2D eigenvalue weighted by Crippen LogP contribution is -2.36. The molecule has 6 heteroatoms. The minimum atomic E-state index is -0.787. The second-order valence-electron chi connectivity index (χ2n) is 4.13. The van der Waals surface area contributed by atoms with E-state index < -0.39 is 12.0 Å². The highest BCUT2D eigenvalue weighted by atomic mass is 16.4. The van der Waals surface area contributed by atoms with E-state index >= 15 is 0 Å². The molecule has 1 saturated heterocycles. The minimum Gasteiger partial charge on any atom is -0.480 e. The number of hydrogen-bond acceptors (Lipinski definition) is 4. The molecule has 3 rings (SSSR count). The van der Waals surface area contributed by atoms with Crippen LogP contribution in [0.5, 0.6) is 0 Å². The predicted molar refractivity (Wildman–Crippen MR) is 61.9 cm³/mol. The highest BCUT2D eigenvalue weighted by molar-refractivity contribution is 5.90. The van der Waals surface area contributed by atoms with Crippen LogP contribution in [0.4, 0.5) is 5.82 Å². The number of hydrogen-bond donors (Lipinski definition) is 2. The summed E-state index contributed by atoms with van der Waals surface area (Å²) in [5, 5.41) is 10.1. The van der Waals surface area contributed by atoms with Crippen molar-refractivity contribution < 1.29 is 9.90 Å². The van der Waals surface area contributed by atoms with Crippen LogP contribution >= 0.6 is 0 Å². The van der Waals surface area contributed by atoms with Gasteiger partial charge in [0.2, 0.25) is 0 Å². The summed E-state index contributed by atoms with van der Waals surface area (Å²) in [6, 6.07) is 1.41. The number of aliphatic carboxylic acids is 1. The highest BCUT2D eigenvalue weighted by Crippen LogP contribution is 2.28. The van der Waals surface area contributed by atoms with Crippen LogP contribution in [-0.4, -0.2) is 38.6 Å². The number of aromatic amines is 1.